The Balaban J connectivity index is 1.55. The number of rotatable bonds is 4. The first kappa shape index (κ1) is 33.4. The van der Waals surface area contributed by atoms with Gasteiger partial charge in [0, 0.05) is 0 Å². The van der Waals surface area contributed by atoms with Crippen molar-refractivity contribution in [3.8, 4) is 22.3 Å². The molecule has 2 aliphatic carbocycles. The van der Waals surface area contributed by atoms with Crippen molar-refractivity contribution in [1.82, 2.24) is 0 Å². The van der Waals surface area contributed by atoms with Crippen LogP contribution in [0.2, 0.25) is 22.5 Å². The average molecular weight is 789 g/mol. The van der Waals surface area contributed by atoms with Gasteiger partial charge in [0.25, 0.3) is 0 Å². The van der Waals surface area contributed by atoms with Gasteiger partial charge in [0.2, 0.25) is 0 Å². The predicted octanol–water partition coefficient (Wildman–Crippen LogP) is 13.0. The van der Waals surface area contributed by atoms with Crippen LogP contribution in [-0.4, -0.2) is 5.49 Å². The molecule has 2 unspecified atom stereocenters. The molecule has 2 aliphatic rings. The Morgan fingerprint density at radius 2 is 0.761 bits per heavy atom. The van der Waals surface area contributed by atoms with Gasteiger partial charge in [-0.3, -0.25) is 0 Å². The number of hydrogen-bond donors (Lipinski definition) is 0. The number of fused-ring (bicyclic) bond motifs is 2. The first-order valence-corrected chi connectivity index (χ1v) is 36.5. The zero-order valence-corrected chi connectivity index (χ0v) is 35.5. The first-order valence-electron chi connectivity index (χ1n) is 17.3. The normalized spacial score (nSPS) is 17.1. The SMILES string of the molecule is Cc1c(C)c(C)c(-c2cccc3c2C=C[CH]3[Hf]([CH3])([CH3])([CH]2C=Cc3c(-c4c(C)c(C)c(C)c(C)c4C)cccc32)=[Si](C)C)c(C)c1C. The molecule has 6 rings (SSSR count). The summed E-state index contributed by atoms with van der Waals surface area (Å²) in [5.41, 5.74) is 25.6. The van der Waals surface area contributed by atoms with Crippen molar-refractivity contribution < 1.29 is 17.1 Å². The van der Waals surface area contributed by atoms with Crippen molar-refractivity contribution in [3.63, 3.8) is 0 Å². The molecule has 2 atom stereocenters. The molecule has 0 saturated carbocycles. The zero-order valence-electron chi connectivity index (χ0n) is 30.9. The Kier molecular flexibility index (Phi) is 8.17. The Morgan fingerprint density at radius 3 is 1.07 bits per heavy atom. The van der Waals surface area contributed by atoms with Crippen LogP contribution in [-0.2, 0) is 17.1 Å². The van der Waals surface area contributed by atoms with Gasteiger partial charge >= 0.3 is 283 Å². The van der Waals surface area contributed by atoms with Crippen molar-refractivity contribution in [1.29, 1.82) is 0 Å². The third-order valence-electron chi connectivity index (χ3n) is 13.9. The van der Waals surface area contributed by atoms with Gasteiger partial charge in [-0.2, -0.15) is 0 Å². The van der Waals surface area contributed by atoms with Gasteiger partial charge in [-0.15, -0.1) is 0 Å². The van der Waals surface area contributed by atoms with E-state index in [0.29, 0.717) is 7.35 Å². The summed E-state index contributed by atoms with van der Waals surface area (Å²) in [7, 11) is 0. The Morgan fingerprint density at radius 1 is 0.457 bits per heavy atom. The minimum atomic E-state index is -3.79. The summed E-state index contributed by atoms with van der Waals surface area (Å²) in [6, 6.07) is 14.5. The second kappa shape index (κ2) is 11.3. The van der Waals surface area contributed by atoms with Crippen LogP contribution in [0.25, 0.3) is 34.4 Å². The zero-order chi connectivity index (χ0) is 33.6. The summed E-state index contributed by atoms with van der Waals surface area (Å²) in [5.74, 6) is 0. The van der Waals surface area contributed by atoms with E-state index in [0.717, 1.165) is 0 Å². The van der Waals surface area contributed by atoms with Crippen LogP contribution >= 0.6 is 0 Å². The van der Waals surface area contributed by atoms with Crippen LogP contribution < -0.4 is 0 Å². The molecule has 46 heavy (non-hydrogen) atoms. The van der Waals surface area contributed by atoms with Crippen molar-refractivity contribution >= 4 is 17.6 Å². The van der Waals surface area contributed by atoms with Gasteiger partial charge in [-0.1, -0.05) is 0 Å². The quantitative estimate of drug-likeness (QED) is 0.181. The number of hydrogen-bond acceptors (Lipinski definition) is 0. The maximum atomic E-state index is 2.84. The van der Waals surface area contributed by atoms with Crippen LogP contribution in [0, 0.1) is 69.2 Å². The van der Waals surface area contributed by atoms with E-state index < -0.39 is 22.6 Å². The molecule has 238 valence electrons. The molecule has 4 aromatic carbocycles. The minimum absolute atomic E-state index is 0.542. The molecular formula is C44H54HfSi. The molecule has 0 fully saturated rings. The van der Waals surface area contributed by atoms with E-state index in [4.69, 9.17) is 0 Å². The summed E-state index contributed by atoms with van der Waals surface area (Å²) in [4.78, 5) is 0. The van der Waals surface area contributed by atoms with Crippen molar-refractivity contribution in [3.05, 3.63) is 126 Å². The molecule has 0 N–H and O–H groups in total. The van der Waals surface area contributed by atoms with Gasteiger partial charge in [0.15, 0.2) is 0 Å². The van der Waals surface area contributed by atoms with Crippen LogP contribution in [0.4, 0.5) is 0 Å². The maximum absolute atomic E-state index is 3.79. The van der Waals surface area contributed by atoms with Gasteiger partial charge in [-0.05, 0) is 0 Å². The molecule has 0 aliphatic heterocycles. The van der Waals surface area contributed by atoms with Crippen LogP contribution in [0.15, 0.2) is 48.6 Å². The van der Waals surface area contributed by atoms with Gasteiger partial charge in [0.05, 0.1) is 0 Å². The van der Waals surface area contributed by atoms with Crippen LogP contribution in [0.1, 0.15) is 85.2 Å². The Hall–Kier alpha value is -2.55. The molecule has 0 saturated heterocycles. The van der Waals surface area contributed by atoms with Gasteiger partial charge in [-0.25, -0.2) is 0 Å². The molecule has 2 heteroatoms. The third kappa shape index (κ3) is 4.45. The molecular weight excluding hydrogens is 735 g/mol. The van der Waals surface area contributed by atoms with E-state index in [1.54, 1.807) is 11.1 Å². The summed E-state index contributed by atoms with van der Waals surface area (Å²) in [5, 5.41) is 0. The predicted molar refractivity (Wildman–Crippen MR) is 204 cm³/mol. The molecule has 0 nitrogen and oxygen atoms in total. The second-order valence-corrected chi connectivity index (χ2v) is 64.8. The van der Waals surface area contributed by atoms with Crippen molar-refractivity contribution in [2.45, 2.75) is 99.0 Å². The topological polar surface area (TPSA) is 0 Å². The second-order valence-electron chi connectivity index (χ2n) is 15.9. The first-order chi connectivity index (χ1) is 21.5. The molecule has 0 spiro atoms. The molecule has 4 aromatic rings. The van der Waals surface area contributed by atoms with E-state index in [1.807, 2.05) is 0 Å². The van der Waals surface area contributed by atoms with E-state index in [9.17, 15) is 0 Å². The van der Waals surface area contributed by atoms with Crippen LogP contribution in [0.5, 0.6) is 0 Å². The molecule has 0 amide bonds. The summed E-state index contributed by atoms with van der Waals surface area (Å²) in [6.45, 7) is 28.4. The molecule has 0 radical (unpaired) electrons. The van der Waals surface area contributed by atoms with Gasteiger partial charge < -0.3 is 0 Å². The summed E-state index contributed by atoms with van der Waals surface area (Å²) >= 11 is -3.79. The molecule has 0 aromatic heterocycles. The fourth-order valence-corrected chi connectivity index (χ4v) is 43.1. The van der Waals surface area contributed by atoms with Crippen molar-refractivity contribution in [2.75, 3.05) is 0 Å². The van der Waals surface area contributed by atoms with Gasteiger partial charge in [0.1, 0.15) is 0 Å². The Labute approximate surface area is 280 Å². The fraction of sp³-hybridized carbons (Fsp3) is 0.364. The van der Waals surface area contributed by atoms with Crippen LogP contribution in [0.3, 0.4) is 0 Å². The number of benzene rings is 4. The van der Waals surface area contributed by atoms with E-state index in [2.05, 4.69) is 152 Å². The Bertz CT molecular complexity index is 1920. The molecule has 0 bridgehead atoms. The third-order valence-corrected chi connectivity index (χ3v) is 73.5. The fourth-order valence-electron chi connectivity index (χ4n) is 9.28. The molecule has 0 heterocycles. The standard InChI is InChI=1S/2C20H21.C2H6Si.2CH3.Hf/c2*1-12-13(2)15(4)20(16(5)14(12)3)19-11-7-9-17-8-6-10-18(17)19;1-3-2;;;/h2*6-11H,1-5H3;1-2H3;2*1H3;. The van der Waals surface area contributed by atoms with E-state index in [-0.39, 0.29) is 0 Å². The van der Waals surface area contributed by atoms with E-state index >= 15 is 0 Å². The monoisotopic (exact) mass is 790 g/mol. The average Bonchev–Trinajstić information content (AvgIpc) is 3.68. The summed E-state index contributed by atoms with van der Waals surface area (Å²) < 4.78 is 6.76. The van der Waals surface area contributed by atoms with Crippen molar-refractivity contribution in [2.24, 2.45) is 0 Å². The number of allylic oxidation sites excluding steroid dienone is 2. The van der Waals surface area contributed by atoms with E-state index in [1.165, 1.54) is 89.0 Å². The summed E-state index contributed by atoms with van der Waals surface area (Å²) in [6.07, 6.45) is 10.4.